The summed E-state index contributed by atoms with van der Waals surface area (Å²) in [5, 5.41) is 4.20. The molecule has 4 nitrogen and oxygen atoms in total. The summed E-state index contributed by atoms with van der Waals surface area (Å²) in [5.74, 6) is 0.641. The van der Waals surface area contributed by atoms with Crippen molar-refractivity contribution < 1.29 is 9.53 Å². The first-order valence-electron chi connectivity index (χ1n) is 7.47. The van der Waals surface area contributed by atoms with Crippen molar-refractivity contribution in [2.45, 2.75) is 20.5 Å². The highest BCUT2D eigenvalue weighted by Crippen LogP contribution is 2.22. The van der Waals surface area contributed by atoms with Gasteiger partial charge in [0.1, 0.15) is 12.4 Å². The summed E-state index contributed by atoms with van der Waals surface area (Å²) in [4.78, 5) is 11.7. The number of ether oxygens (including phenoxy) is 1. The molecular weight excluding hydrogens is 288 g/mol. The van der Waals surface area contributed by atoms with Crippen LogP contribution in [-0.2, 0) is 6.61 Å². The minimum Gasteiger partial charge on any atom is -0.488 e. The number of Topliss-reactive ketones (excluding diaryl/α,β-unsaturated/α-hetero) is 1. The van der Waals surface area contributed by atoms with Crippen LogP contribution in [-0.4, -0.2) is 15.6 Å². The van der Waals surface area contributed by atoms with Crippen LogP contribution in [0.1, 0.15) is 28.4 Å². The smallest absolute Gasteiger partial charge is 0.163 e. The topological polar surface area (TPSA) is 44.1 Å². The van der Waals surface area contributed by atoms with Crippen molar-refractivity contribution in [3.8, 4) is 11.4 Å². The second kappa shape index (κ2) is 6.48. The number of hydrogen-bond donors (Lipinski definition) is 0. The van der Waals surface area contributed by atoms with Gasteiger partial charge in [0.05, 0.1) is 11.3 Å². The lowest BCUT2D eigenvalue weighted by atomic mass is 10.1. The molecule has 0 spiro atoms. The number of carbonyl (C=O) groups excluding carboxylic acids is 1. The number of aryl methyl sites for hydroxylation is 1. The third-order valence-corrected chi connectivity index (χ3v) is 3.62. The molecule has 1 heterocycles. The molecule has 3 aromatic rings. The van der Waals surface area contributed by atoms with Crippen LogP contribution >= 0.6 is 0 Å². The largest absolute Gasteiger partial charge is 0.488 e. The van der Waals surface area contributed by atoms with Gasteiger partial charge in [0, 0.05) is 12.4 Å². The molecule has 0 unspecified atom stereocenters. The number of benzene rings is 2. The van der Waals surface area contributed by atoms with Crippen molar-refractivity contribution in [3.63, 3.8) is 0 Å². The fourth-order valence-electron chi connectivity index (χ4n) is 2.37. The number of nitrogens with zero attached hydrogens (tertiary/aromatic N) is 2. The highest BCUT2D eigenvalue weighted by Gasteiger charge is 2.09. The first-order chi connectivity index (χ1) is 11.1. The molecule has 23 heavy (non-hydrogen) atoms. The van der Waals surface area contributed by atoms with Crippen molar-refractivity contribution in [2.75, 3.05) is 0 Å². The average Bonchev–Trinajstić information content (AvgIpc) is 3.07. The standard InChI is InChI=1S/C19H18N2O2/c1-14-4-9-18(15(2)22)19(12-14)23-13-16-5-7-17(8-6-16)21-11-3-10-20-21/h3-12H,13H2,1-2H3. The Morgan fingerprint density at radius 2 is 1.96 bits per heavy atom. The number of aromatic nitrogens is 2. The van der Waals surface area contributed by atoms with E-state index in [2.05, 4.69) is 5.10 Å². The number of carbonyl (C=O) groups is 1. The predicted octanol–water partition coefficient (Wildman–Crippen LogP) is 3.96. The van der Waals surface area contributed by atoms with E-state index in [1.807, 2.05) is 61.7 Å². The molecule has 0 saturated heterocycles. The zero-order valence-corrected chi connectivity index (χ0v) is 13.2. The summed E-state index contributed by atoms with van der Waals surface area (Å²) in [5.41, 5.74) is 3.72. The van der Waals surface area contributed by atoms with Crippen molar-refractivity contribution >= 4 is 5.78 Å². The molecule has 116 valence electrons. The Bertz CT molecular complexity index is 806. The number of ketones is 1. The minimum absolute atomic E-state index is 0.00836. The summed E-state index contributed by atoms with van der Waals surface area (Å²) >= 11 is 0. The fourth-order valence-corrected chi connectivity index (χ4v) is 2.37. The van der Waals surface area contributed by atoms with E-state index in [4.69, 9.17) is 4.74 Å². The summed E-state index contributed by atoms with van der Waals surface area (Å²) in [6.07, 6.45) is 3.65. The maximum absolute atomic E-state index is 11.7. The van der Waals surface area contributed by atoms with Gasteiger partial charge in [-0.1, -0.05) is 18.2 Å². The molecule has 0 amide bonds. The molecule has 0 aliphatic carbocycles. The van der Waals surface area contributed by atoms with Crippen LogP contribution in [0.15, 0.2) is 60.9 Å². The van der Waals surface area contributed by atoms with E-state index in [9.17, 15) is 4.79 Å². The van der Waals surface area contributed by atoms with E-state index in [0.717, 1.165) is 16.8 Å². The van der Waals surface area contributed by atoms with E-state index in [1.54, 1.807) is 17.8 Å². The predicted molar refractivity (Wildman–Crippen MR) is 89.1 cm³/mol. The highest BCUT2D eigenvalue weighted by atomic mass is 16.5. The third kappa shape index (κ3) is 3.48. The van der Waals surface area contributed by atoms with Crippen LogP contribution in [0.3, 0.4) is 0 Å². The second-order valence-electron chi connectivity index (χ2n) is 5.46. The molecule has 3 rings (SSSR count). The molecule has 0 fully saturated rings. The lowest BCUT2D eigenvalue weighted by Crippen LogP contribution is -2.02. The highest BCUT2D eigenvalue weighted by molar-refractivity contribution is 5.96. The van der Waals surface area contributed by atoms with Crippen LogP contribution in [0, 0.1) is 6.92 Å². The van der Waals surface area contributed by atoms with Crippen LogP contribution < -0.4 is 4.74 Å². The van der Waals surface area contributed by atoms with Gasteiger partial charge in [-0.15, -0.1) is 0 Å². The summed E-state index contributed by atoms with van der Waals surface area (Å²) in [6.45, 7) is 3.95. The van der Waals surface area contributed by atoms with Gasteiger partial charge < -0.3 is 4.74 Å². The Morgan fingerprint density at radius 3 is 2.61 bits per heavy atom. The zero-order chi connectivity index (χ0) is 16.2. The van der Waals surface area contributed by atoms with Gasteiger partial charge >= 0.3 is 0 Å². The molecule has 0 atom stereocenters. The van der Waals surface area contributed by atoms with Crippen molar-refractivity contribution in [2.24, 2.45) is 0 Å². The Labute approximate surface area is 135 Å². The van der Waals surface area contributed by atoms with E-state index in [1.165, 1.54) is 0 Å². The van der Waals surface area contributed by atoms with Crippen LogP contribution in [0.2, 0.25) is 0 Å². The first-order valence-corrected chi connectivity index (χ1v) is 7.47. The molecule has 0 aliphatic rings. The molecule has 0 saturated carbocycles. The van der Waals surface area contributed by atoms with E-state index < -0.39 is 0 Å². The van der Waals surface area contributed by atoms with Gasteiger partial charge in [-0.3, -0.25) is 4.79 Å². The minimum atomic E-state index is 0.00836. The van der Waals surface area contributed by atoms with Gasteiger partial charge in [0.2, 0.25) is 0 Å². The van der Waals surface area contributed by atoms with Crippen LogP contribution in [0.4, 0.5) is 0 Å². The van der Waals surface area contributed by atoms with Gasteiger partial charge in [-0.25, -0.2) is 4.68 Å². The number of rotatable bonds is 5. The van der Waals surface area contributed by atoms with Gasteiger partial charge in [0.15, 0.2) is 5.78 Å². The van der Waals surface area contributed by atoms with Crippen molar-refractivity contribution in [3.05, 3.63) is 77.6 Å². The van der Waals surface area contributed by atoms with Gasteiger partial charge in [0.25, 0.3) is 0 Å². The van der Waals surface area contributed by atoms with Gasteiger partial charge in [-0.05, 0) is 55.3 Å². The normalized spacial score (nSPS) is 10.5. The number of hydrogen-bond acceptors (Lipinski definition) is 3. The maximum atomic E-state index is 11.7. The first kappa shape index (κ1) is 15.0. The molecule has 0 N–H and O–H groups in total. The molecule has 1 aromatic heterocycles. The molecule has 4 heteroatoms. The summed E-state index contributed by atoms with van der Waals surface area (Å²) in [6, 6.07) is 15.5. The zero-order valence-electron chi connectivity index (χ0n) is 13.2. The molecule has 0 bridgehead atoms. The van der Waals surface area contributed by atoms with Crippen molar-refractivity contribution in [1.29, 1.82) is 0 Å². The summed E-state index contributed by atoms with van der Waals surface area (Å²) < 4.78 is 7.66. The molecule has 0 aliphatic heterocycles. The average molecular weight is 306 g/mol. The van der Waals surface area contributed by atoms with E-state index >= 15 is 0 Å². The monoisotopic (exact) mass is 306 g/mol. The molecule has 2 aromatic carbocycles. The van der Waals surface area contributed by atoms with Crippen LogP contribution in [0.25, 0.3) is 5.69 Å². The Morgan fingerprint density at radius 1 is 1.17 bits per heavy atom. The quantitative estimate of drug-likeness (QED) is 0.670. The Kier molecular flexibility index (Phi) is 4.24. The van der Waals surface area contributed by atoms with Crippen LogP contribution in [0.5, 0.6) is 5.75 Å². The summed E-state index contributed by atoms with van der Waals surface area (Å²) in [7, 11) is 0. The van der Waals surface area contributed by atoms with E-state index in [-0.39, 0.29) is 5.78 Å². The third-order valence-electron chi connectivity index (χ3n) is 3.62. The fraction of sp³-hybridized carbons (Fsp3) is 0.158. The van der Waals surface area contributed by atoms with Crippen molar-refractivity contribution in [1.82, 2.24) is 9.78 Å². The van der Waals surface area contributed by atoms with Gasteiger partial charge in [-0.2, -0.15) is 5.10 Å². The lowest BCUT2D eigenvalue weighted by Gasteiger charge is -2.11. The maximum Gasteiger partial charge on any atom is 0.163 e. The second-order valence-corrected chi connectivity index (χ2v) is 5.46. The lowest BCUT2D eigenvalue weighted by molar-refractivity contribution is 0.101. The van der Waals surface area contributed by atoms with E-state index in [0.29, 0.717) is 17.9 Å². The SMILES string of the molecule is CC(=O)c1ccc(C)cc1OCc1ccc(-n2cccn2)cc1. The molecular formula is C19H18N2O2. The Balaban J connectivity index is 1.74. The molecule has 0 radical (unpaired) electrons. The Hall–Kier alpha value is -2.88.